The van der Waals surface area contributed by atoms with E-state index in [2.05, 4.69) is 6.58 Å². The highest BCUT2D eigenvalue weighted by molar-refractivity contribution is 4.64. The first-order chi connectivity index (χ1) is 4.93. The van der Waals surface area contributed by atoms with Crippen molar-refractivity contribution in [2.24, 2.45) is 5.92 Å². The van der Waals surface area contributed by atoms with E-state index in [1.54, 1.807) is 0 Å². The molecule has 1 aliphatic heterocycles. The normalized spacial score (nSPS) is 18.0. The van der Waals surface area contributed by atoms with Gasteiger partial charge in [-0.05, 0) is 12.8 Å². The Kier molecular flexibility index (Phi) is 3.30. The van der Waals surface area contributed by atoms with Crippen LogP contribution in [0.2, 0.25) is 0 Å². The van der Waals surface area contributed by atoms with Gasteiger partial charge in [0.2, 0.25) is 0 Å². The molecule has 10 heavy (non-hydrogen) atoms. The highest BCUT2D eigenvalue weighted by Gasteiger charge is 2.16. The van der Waals surface area contributed by atoms with Gasteiger partial charge in [-0.25, -0.2) is 0 Å². The Morgan fingerprint density at radius 1 is 1.60 bits per heavy atom. The van der Waals surface area contributed by atoms with Crippen LogP contribution in [0.4, 0.5) is 0 Å². The maximum atomic E-state index is 5.03. The molecule has 1 fully saturated rings. The Labute approximate surface area is 61.8 Å². The summed E-state index contributed by atoms with van der Waals surface area (Å²) in [6.07, 6.45) is 3.85. The minimum Gasteiger partial charge on any atom is -0.502 e. The van der Waals surface area contributed by atoms with E-state index in [9.17, 15) is 0 Å². The molecule has 58 valence electrons. The fraction of sp³-hybridized carbons (Fsp3) is 0.750. The zero-order valence-corrected chi connectivity index (χ0v) is 6.21. The number of hydrogen-bond acceptors (Lipinski definition) is 2. The van der Waals surface area contributed by atoms with E-state index < -0.39 is 0 Å². The van der Waals surface area contributed by atoms with Gasteiger partial charge in [0.15, 0.2) is 0 Å². The smallest absolute Gasteiger partial charge is 0.0873 e. The lowest BCUT2D eigenvalue weighted by atomic mass is 10.0. The van der Waals surface area contributed by atoms with E-state index in [0.29, 0.717) is 0 Å². The lowest BCUT2D eigenvalue weighted by Gasteiger charge is -2.25. The molecule has 2 heteroatoms. The summed E-state index contributed by atoms with van der Waals surface area (Å²) in [5.74, 6) is 0.799. The van der Waals surface area contributed by atoms with Crippen molar-refractivity contribution in [3.63, 3.8) is 0 Å². The second-order valence-corrected chi connectivity index (χ2v) is 2.58. The molecule has 0 unspecified atom stereocenters. The molecule has 0 amide bonds. The van der Waals surface area contributed by atoms with Crippen molar-refractivity contribution in [3.8, 4) is 0 Å². The van der Waals surface area contributed by atoms with Crippen LogP contribution in [0.3, 0.4) is 0 Å². The third kappa shape index (κ3) is 2.40. The van der Waals surface area contributed by atoms with Crippen LogP contribution in [-0.4, -0.2) is 19.8 Å². The van der Waals surface area contributed by atoms with Crippen LogP contribution in [0.5, 0.6) is 0 Å². The average Bonchev–Trinajstić information content (AvgIpc) is 1.84. The van der Waals surface area contributed by atoms with Crippen molar-refractivity contribution in [1.29, 1.82) is 0 Å². The number of rotatable bonds is 5. The van der Waals surface area contributed by atoms with Gasteiger partial charge in [0.25, 0.3) is 0 Å². The molecule has 0 aromatic carbocycles. The minimum absolute atomic E-state index is 0.799. The Hall–Kier alpha value is -0.500. The molecule has 0 aromatic rings. The summed E-state index contributed by atoms with van der Waals surface area (Å²) in [7, 11) is 0. The zero-order chi connectivity index (χ0) is 7.23. The first-order valence-corrected chi connectivity index (χ1v) is 3.73. The van der Waals surface area contributed by atoms with E-state index in [1.807, 2.05) is 0 Å². The predicted octanol–water partition coefficient (Wildman–Crippen LogP) is 1.57. The third-order valence-electron chi connectivity index (χ3n) is 1.70. The molecule has 0 saturated carbocycles. The van der Waals surface area contributed by atoms with Crippen molar-refractivity contribution < 1.29 is 9.47 Å². The van der Waals surface area contributed by atoms with Gasteiger partial charge >= 0.3 is 0 Å². The van der Waals surface area contributed by atoms with Gasteiger partial charge < -0.3 is 9.47 Å². The molecule has 0 aliphatic carbocycles. The quantitative estimate of drug-likeness (QED) is 0.428. The molecule has 0 bridgehead atoms. The van der Waals surface area contributed by atoms with Gasteiger partial charge in [0, 0.05) is 5.92 Å². The van der Waals surface area contributed by atoms with Crippen molar-refractivity contribution in [2.45, 2.75) is 12.8 Å². The van der Waals surface area contributed by atoms with Crippen LogP contribution in [0, 0.1) is 5.92 Å². The Balaban J connectivity index is 1.80. The van der Waals surface area contributed by atoms with Gasteiger partial charge in [0.05, 0.1) is 26.1 Å². The fourth-order valence-electron chi connectivity index (χ4n) is 0.990. The van der Waals surface area contributed by atoms with Crippen LogP contribution < -0.4 is 0 Å². The van der Waals surface area contributed by atoms with Crippen LogP contribution in [-0.2, 0) is 9.47 Å². The fourth-order valence-corrected chi connectivity index (χ4v) is 0.990. The number of ether oxygens (including phenoxy) is 2. The van der Waals surface area contributed by atoms with E-state index in [0.717, 1.165) is 32.2 Å². The molecule has 0 N–H and O–H groups in total. The molecule has 0 radical (unpaired) electrons. The largest absolute Gasteiger partial charge is 0.502 e. The molecule has 0 spiro atoms. The molecular weight excluding hydrogens is 128 g/mol. The van der Waals surface area contributed by atoms with Crippen molar-refractivity contribution in [2.75, 3.05) is 19.8 Å². The van der Waals surface area contributed by atoms with E-state index in [-0.39, 0.29) is 0 Å². The number of hydrogen-bond donors (Lipinski definition) is 0. The molecular formula is C8H14O2. The van der Waals surface area contributed by atoms with Crippen LogP contribution in [0.25, 0.3) is 0 Å². The Bertz CT molecular complexity index is 97.4. The maximum Gasteiger partial charge on any atom is 0.0873 e. The van der Waals surface area contributed by atoms with E-state index in [1.165, 1.54) is 12.7 Å². The molecule has 1 aliphatic rings. The monoisotopic (exact) mass is 142 g/mol. The van der Waals surface area contributed by atoms with Gasteiger partial charge in [0.1, 0.15) is 0 Å². The van der Waals surface area contributed by atoms with Crippen molar-refractivity contribution in [3.05, 3.63) is 12.8 Å². The SMILES string of the molecule is C=COCCCC1COC1. The Morgan fingerprint density at radius 3 is 2.90 bits per heavy atom. The second-order valence-electron chi connectivity index (χ2n) is 2.58. The first kappa shape index (κ1) is 7.61. The summed E-state index contributed by atoms with van der Waals surface area (Å²) in [5, 5.41) is 0. The van der Waals surface area contributed by atoms with E-state index in [4.69, 9.17) is 9.47 Å². The van der Waals surface area contributed by atoms with Crippen molar-refractivity contribution >= 4 is 0 Å². The minimum atomic E-state index is 0.799. The van der Waals surface area contributed by atoms with Crippen molar-refractivity contribution in [1.82, 2.24) is 0 Å². The molecule has 0 aromatic heterocycles. The zero-order valence-electron chi connectivity index (χ0n) is 6.21. The Morgan fingerprint density at radius 2 is 2.40 bits per heavy atom. The summed E-state index contributed by atoms with van der Waals surface area (Å²) >= 11 is 0. The van der Waals surface area contributed by atoms with E-state index >= 15 is 0 Å². The third-order valence-corrected chi connectivity index (χ3v) is 1.70. The maximum absolute atomic E-state index is 5.03. The molecule has 2 nitrogen and oxygen atoms in total. The standard InChI is InChI=1S/C8H14O2/c1-2-9-5-3-4-8-6-10-7-8/h2,8H,1,3-7H2. The topological polar surface area (TPSA) is 18.5 Å². The molecule has 1 heterocycles. The summed E-state index contributed by atoms with van der Waals surface area (Å²) in [6.45, 7) is 6.18. The summed E-state index contributed by atoms with van der Waals surface area (Å²) in [5.41, 5.74) is 0. The molecule has 1 rings (SSSR count). The van der Waals surface area contributed by atoms with Gasteiger partial charge in [-0.3, -0.25) is 0 Å². The highest BCUT2D eigenvalue weighted by Crippen LogP contribution is 2.15. The molecule has 1 saturated heterocycles. The lowest BCUT2D eigenvalue weighted by Crippen LogP contribution is -2.27. The second kappa shape index (κ2) is 4.34. The summed E-state index contributed by atoms with van der Waals surface area (Å²) in [4.78, 5) is 0. The molecule has 0 atom stereocenters. The predicted molar refractivity (Wildman–Crippen MR) is 39.7 cm³/mol. The first-order valence-electron chi connectivity index (χ1n) is 3.73. The van der Waals surface area contributed by atoms with Gasteiger partial charge in [-0.15, -0.1) is 0 Å². The van der Waals surface area contributed by atoms with Crippen LogP contribution >= 0.6 is 0 Å². The highest BCUT2D eigenvalue weighted by atomic mass is 16.5. The average molecular weight is 142 g/mol. The van der Waals surface area contributed by atoms with Gasteiger partial charge in [-0.1, -0.05) is 6.58 Å². The van der Waals surface area contributed by atoms with Crippen LogP contribution in [0.1, 0.15) is 12.8 Å². The summed E-state index contributed by atoms with van der Waals surface area (Å²) < 4.78 is 10.0. The van der Waals surface area contributed by atoms with Gasteiger partial charge in [-0.2, -0.15) is 0 Å². The lowest BCUT2D eigenvalue weighted by molar-refractivity contribution is -0.0378. The summed E-state index contributed by atoms with van der Waals surface area (Å²) in [6, 6.07) is 0. The van der Waals surface area contributed by atoms with Crippen LogP contribution in [0.15, 0.2) is 12.8 Å².